The molecule has 0 saturated carbocycles. The van der Waals surface area contributed by atoms with Crippen LogP contribution < -0.4 is 5.32 Å². The number of rotatable bonds is 3. The van der Waals surface area contributed by atoms with Gasteiger partial charge in [0.05, 0.1) is 23.4 Å². The summed E-state index contributed by atoms with van der Waals surface area (Å²) in [6.07, 6.45) is 1.62. The average molecular weight is 237 g/mol. The number of nitrogens with zero attached hydrogens (tertiary/aromatic N) is 2. The normalized spacial score (nSPS) is 11.3. The Morgan fingerprint density at radius 3 is 2.56 bits per heavy atom. The van der Waals surface area contributed by atoms with E-state index >= 15 is 0 Å². The van der Waals surface area contributed by atoms with Crippen LogP contribution in [0.25, 0.3) is 0 Å². The van der Waals surface area contributed by atoms with Crippen LogP contribution in [0.4, 0.5) is 5.69 Å². The van der Waals surface area contributed by atoms with Gasteiger partial charge in [-0.25, -0.2) is 0 Å². The topological polar surface area (TPSA) is 72.8 Å². The molecule has 1 heterocycles. The van der Waals surface area contributed by atoms with E-state index in [4.69, 9.17) is 14.9 Å². The Bertz CT molecular complexity index is 617. The van der Waals surface area contributed by atoms with E-state index in [2.05, 4.69) is 5.32 Å². The average Bonchev–Trinajstić information content (AvgIpc) is 2.92. The Labute approximate surface area is 105 Å². The predicted octanol–water partition coefficient (Wildman–Crippen LogP) is 3.20. The molecule has 18 heavy (non-hydrogen) atoms. The SMILES string of the molecule is CC(Nc1ccc(C#N)c(C#N)c1)c1ccco1. The summed E-state index contributed by atoms with van der Waals surface area (Å²) in [7, 11) is 0. The minimum absolute atomic E-state index is 0.000483. The van der Waals surface area contributed by atoms with Crippen molar-refractivity contribution in [2.45, 2.75) is 13.0 Å². The molecule has 1 aromatic heterocycles. The van der Waals surface area contributed by atoms with Crippen LogP contribution in [0.1, 0.15) is 29.9 Å². The van der Waals surface area contributed by atoms with Gasteiger partial charge in [0.25, 0.3) is 0 Å². The zero-order valence-electron chi connectivity index (χ0n) is 9.84. The molecule has 0 amide bonds. The molecule has 0 fully saturated rings. The molecule has 0 aliphatic rings. The molecule has 1 N–H and O–H groups in total. The van der Waals surface area contributed by atoms with Gasteiger partial charge < -0.3 is 9.73 Å². The second kappa shape index (κ2) is 5.07. The predicted molar refractivity (Wildman–Crippen MR) is 66.6 cm³/mol. The minimum atomic E-state index is -0.000483. The third kappa shape index (κ3) is 2.34. The molecule has 88 valence electrons. The Balaban J connectivity index is 2.21. The van der Waals surface area contributed by atoms with Crippen LogP contribution in [-0.2, 0) is 0 Å². The molecule has 0 bridgehead atoms. The number of furan rings is 1. The van der Waals surface area contributed by atoms with E-state index in [1.165, 1.54) is 0 Å². The lowest BCUT2D eigenvalue weighted by atomic mass is 10.1. The van der Waals surface area contributed by atoms with Gasteiger partial charge in [0.2, 0.25) is 0 Å². The van der Waals surface area contributed by atoms with E-state index in [0.717, 1.165) is 11.4 Å². The smallest absolute Gasteiger partial charge is 0.125 e. The zero-order valence-corrected chi connectivity index (χ0v) is 9.84. The Kier molecular flexibility index (Phi) is 3.31. The van der Waals surface area contributed by atoms with Crippen molar-refractivity contribution in [1.82, 2.24) is 0 Å². The fourth-order valence-corrected chi connectivity index (χ4v) is 1.68. The molecule has 0 saturated heterocycles. The molecule has 1 unspecified atom stereocenters. The summed E-state index contributed by atoms with van der Waals surface area (Å²) in [4.78, 5) is 0. The second-order valence-corrected chi connectivity index (χ2v) is 3.87. The highest BCUT2D eigenvalue weighted by Gasteiger charge is 2.09. The lowest BCUT2D eigenvalue weighted by molar-refractivity contribution is 0.490. The van der Waals surface area contributed by atoms with Gasteiger partial charge >= 0.3 is 0 Å². The van der Waals surface area contributed by atoms with Crippen molar-refractivity contribution < 1.29 is 4.42 Å². The molecule has 4 heteroatoms. The van der Waals surface area contributed by atoms with Gasteiger partial charge in [0, 0.05) is 5.69 Å². The third-order valence-corrected chi connectivity index (χ3v) is 2.61. The number of nitriles is 2. The molecule has 0 aliphatic heterocycles. The summed E-state index contributed by atoms with van der Waals surface area (Å²) in [5, 5.41) is 21.0. The second-order valence-electron chi connectivity index (χ2n) is 3.87. The van der Waals surface area contributed by atoms with Gasteiger partial charge in [0.1, 0.15) is 17.9 Å². The fraction of sp³-hybridized carbons (Fsp3) is 0.143. The van der Waals surface area contributed by atoms with Crippen molar-refractivity contribution in [3.05, 3.63) is 53.5 Å². The van der Waals surface area contributed by atoms with Crippen molar-refractivity contribution in [3.63, 3.8) is 0 Å². The van der Waals surface area contributed by atoms with Gasteiger partial charge in [-0.1, -0.05) is 0 Å². The first-order chi connectivity index (χ1) is 8.74. The van der Waals surface area contributed by atoms with Gasteiger partial charge in [0.15, 0.2) is 0 Å². The van der Waals surface area contributed by atoms with Crippen LogP contribution in [0, 0.1) is 22.7 Å². The Hall–Kier alpha value is -2.72. The molecule has 0 spiro atoms. The summed E-state index contributed by atoms with van der Waals surface area (Å²) in [5.74, 6) is 0.817. The highest BCUT2D eigenvalue weighted by Crippen LogP contribution is 2.21. The van der Waals surface area contributed by atoms with Crippen LogP contribution in [0.2, 0.25) is 0 Å². The van der Waals surface area contributed by atoms with Crippen LogP contribution in [-0.4, -0.2) is 0 Å². The van der Waals surface area contributed by atoms with Gasteiger partial charge in [-0.05, 0) is 37.3 Å². The first kappa shape index (κ1) is 11.8. The van der Waals surface area contributed by atoms with E-state index in [0.29, 0.717) is 11.1 Å². The van der Waals surface area contributed by atoms with Gasteiger partial charge in [-0.3, -0.25) is 0 Å². The summed E-state index contributed by atoms with van der Waals surface area (Å²) >= 11 is 0. The van der Waals surface area contributed by atoms with Crippen molar-refractivity contribution >= 4 is 5.69 Å². The van der Waals surface area contributed by atoms with E-state index in [9.17, 15) is 0 Å². The quantitative estimate of drug-likeness (QED) is 0.889. The zero-order chi connectivity index (χ0) is 13.0. The van der Waals surface area contributed by atoms with Crippen molar-refractivity contribution in [1.29, 1.82) is 10.5 Å². The van der Waals surface area contributed by atoms with Gasteiger partial charge in [-0.2, -0.15) is 10.5 Å². The highest BCUT2D eigenvalue weighted by molar-refractivity contribution is 5.56. The first-order valence-corrected chi connectivity index (χ1v) is 5.49. The van der Waals surface area contributed by atoms with E-state index < -0.39 is 0 Å². The maximum Gasteiger partial charge on any atom is 0.125 e. The molecule has 2 aromatic rings. The molecule has 1 aromatic carbocycles. The molecule has 1 atom stereocenters. The van der Waals surface area contributed by atoms with Crippen LogP contribution >= 0.6 is 0 Å². The lowest BCUT2D eigenvalue weighted by Gasteiger charge is -2.13. The first-order valence-electron chi connectivity index (χ1n) is 5.49. The summed E-state index contributed by atoms with van der Waals surface area (Å²) in [5.41, 5.74) is 1.54. The summed E-state index contributed by atoms with van der Waals surface area (Å²) in [6.45, 7) is 1.96. The van der Waals surface area contributed by atoms with Crippen LogP contribution in [0.3, 0.4) is 0 Å². The molecule has 2 rings (SSSR count). The molecular weight excluding hydrogens is 226 g/mol. The number of benzene rings is 1. The maximum absolute atomic E-state index is 8.94. The molecule has 0 aliphatic carbocycles. The van der Waals surface area contributed by atoms with E-state index in [-0.39, 0.29) is 6.04 Å². The van der Waals surface area contributed by atoms with Crippen molar-refractivity contribution in [2.24, 2.45) is 0 Å². The van der Waals surface area contributed by atoms with Gasteiger partial charge in [-0.15, -0.1) is 0 Å². The fourth-order valence-electron chi connectivity index (χ4n) is 1.68. The standard InChI is InChI=1S/C14H11N3O/c1-10(14-3-2-6-18-14)17-13-5-4-11(8-15)12(7-13)9-16/h2-7,10,17H,1H3. The largest absolute Gasteiger partial charge is 0.467 e. The molecule has 0 radical (unpaired) electrons. The molecule has 4 nitrogen and oxygen atoms in total. The number of nitrogens with one attached hydrogen (secondary N) is 1. The highest BCUT2D eigenvalue weighted by atomic mass is 16.3. The molecular formula is C14H11N3O. The third-order valence-electron chi connectivity index (χ3n) is 2.61. The Morgan fingerprint density at radius 1 is 1.17 bits per heavy atom. The lowest BCUT2D eigenvalue weighted by Crippen LogP contribution is -2.05. The van der Waals surface area contributed by atoms with Crippen molar-refractivity contribution in [3.8, 4) is 12.1 Å². The van der Waals surface area contributed by atoms with E-state index in [1.807, 2.05) is 31.2 Å². The van der Waals surface area contributed by atoms with Crippen LogP contribution in [0.15, 0.2) is 41.0 Å². The maximum atomic E-state index is 8.94. The monoisotopic (exact) mass is 237 g/mol. The summed E-state index contributed by atoms with van der Waals surface area (Å²) < 4.78 is 5.29. The van der Waals surface area contributed by atoms with Crippen molar-refractivity contribution in [2.75, 3.05) is 5.32 Å². The van der Waals surface area contributed by atoms with E-state index in [1.54, 1.807) is 24.5 Å². The van der Waals surface area contributed by atoms with Crippen LogP contribution in [0.5, 0.6) is 0 Å². The Morgan fingerprint density at radius 2 is 1.94 bits per heavy atom. The minimum Gasteiger partial charge on any atom is -0.467 e. The summed E-state index contributed by atoms with van der Waals surface area (Å²) in [6, 6.07) is 12.8. The number of hydrogen-bond acceptors (Lipinski definition) is 4. The number of anilines is 1. The number of hydrogen-bond donors (Lipinski definition) is 1.